The van der Waals surface area contributed by atoms with Crippen LogP contribution in [0, 0.1) is 36.3 Å². The monoisotopic (exact) mass is 626 g/mol. The molecular weight excluding hydrogens is 586 g/mol. The number of carboxylic acids is 1. The number of thiophene rings is 1. The van der Waals surface area contributed by atoms with Crippen LogP contribution in [0.25, 0.3) is 22.1 Å². The number of fused-ring (bicyclic) bond motifs is 4. The summed E-state index contributed by atoms with van der Waals surface area (Å²) in [5, 5.41) is 13.8. The molecule has 2 bridgehead atoms. The Bertz CT molecular complexity index is 1760. The summed E-state index contributed by atoms with van der Waals surface area (Å²) >= 11 is 1.57. The van der Waals surface area contributed by atoms with Gasteiger partial charge in [-0.2, -0.15) is 0 Å². The third kappa shape index (κ3) is 5.71. The maximum Gasteiger partial charge on any atom is 0.308 e. The second-order valence-corrected chi connectivity index (χ2v) is 14.0. The maximum atomic E-state index is 17.2. The lowest BCUT2D eigenvalue weighted by Gasteiger charge is -2.47. The van der Waals surface area contributed by atoms with E-state index in [1.807, 2.05) is 26.0 Å². The minimum Gasteiger partial charge on any atom is -0.481 e. The molecule has 4 nitrogen and oxygen atoms in total. The molecule has 2 heterocycles. The normalized spacial score (nSPS) is 22.6. The number of allylic oxidation sites excluding steroid dienone is 4. The van der Waals surface area contributed by atoms with E-state index in [4.69, 9.17) is 0 Å². The Morgan fingerprint density at radius 2 is 1.91 bits per heavy atom. The van der Waals surface area contributed by atoms with Gasteiger partial charge >= 0.3 is 5.97 Å². The summed E-state index contributed by atoms with van der Waals surface area (Å²) in [5.74, 6) is -2.10. The fourth-order valence-corrected chi connectivity index (χ4v) is 8.84. The molecular formula is C38H40F2N2O2S. The molecule has 1 aromatic carbocycles. The zero-order valence-electron chi connectivity index (χ0n) is 26.2. The molecule has 0 aliphatic heterocycles. The maximum absolute atomic E-state index is 17.2. The second-order valence-electron chi connectivity index (χ2n) is 12.8. The smallest absolute Gasteiger partial charge is 0.308 e. The molecule has 45 heavy (non-hydrogen) atoms. The van der Waals surface area contributed by atoms with Crippen molar-refractivity contribution in [3.63, 3.8) is 0 Å². The third-order valence-electron chi connectivity index (χ3n) is 10.2. The number of anilines is 1. The molecule has 3 saturated carbocycles. The summed E-state index contributed by atoms with van der Waals surface area (Å²) < 4.78 is 31.8. The van der Waals surface area contributed by atoms with Gasteiger partial charge in [0.25, 0.3) is 0 Å². The van der Waals surface area contributed by atoms with Gasteiger partial charge in [0.05, 0.1) is 23.5 Å². The molecule has 2 atom stereocenters. The van der Waals surface area contributed by atoms with Gasteiger partial charge in [-0.3, -0.25) is 9.78 Å². The molecule has 4 aliphatic rings. The van der Waals surface area contributed by atoms with E-state index in [9.17, 15) is 14.3 Å². The molecule has 2 N–H and O–H groups in total. The average Bonchev–Trinajstić information content (AvgIpc) is 3.49. The molecule has 3 fully saturated rings. The van der Waals surface area contributed by atoms with Crippen molar-refractivity contribution in [2.75, 3.05) is 5.32 Å². The Balaban J connectivity index is 1.57. The SMILES string of the molecule is C=Cc1c(N[C@H]2C3CCC(CC3)[C@@H]2C(=O)O)c(F)c(-c2ccc(CC/C(C)=C/C)s2)c(C)c1C1=CC(=C)Cc2ncc(F)cc21. The molecule has 0 radical (unpaired) electrons. The molecule has 7 heteroatoms. The van der Waals surface area contributed by atoms with E-state index in [1.165, 1.54) is 17.8 Å². The highest BCUT2D eigenvalue weighted by Crippen LogP contribution is 2.50. The number of aryl methyl sites for hydroxylation is 1. The number of halogens is 2. The van der Waals surface area contributed by atoms with Gasteiger partial charge in [-0.1, -0.05) is 37.0 Å². The van der Waals surface area contributed by atoms with Crippen molar-refractivity contribution < 1.29 is 18.7 Å². The summed E-state index contributed by atoms with van der Waals surface area (Å²) in [6.45, 7) is 14.4. The van der Waals surface area contributed by atoms with Crippen LogP contribution in [0.3, 0.4) is 0 Å². The minimum absolute atomic E-state index is 0.0652. The highest BCUT2D eigenvalue weighted by atomic mass is 32.1. The van der Waals surface area contributed by atoms with E-state index >= 15 is 4.39 Å². The quantitative estimate of drug-likeness (QED) is 0.232. The lowest BCUT2D eigenvalue weighted by atomic mass is 9.61. The zero-order chi connectivity index (χ0) is 32.0. The number of benzene rings is 1. The van der Waals surface area contributed by atoms with E-state index in [0.717, 1.165) is 59.4 Å². The van der Waals surface area contributed by atoms with Crippen molar-refractivity contribution in [2.45, 2.75) is 71.8 Å². The van der Waals surface area contributed by atoms with E-state index in [1.54, 1.807) is 17.4 Å². The van der Waals surface area contributed by atoms with E-state index in [0.29, 0.717) is 39.9 Å². The molecule has 234 valence electrons. The van der Waals surface area contributed by atoms with E-state index in [-0.39, 0.29) is 17.5 Å². The Morgan fingerprint density at radius 1 is 1.18 bits per heavy atom. The predicted molar refractivity (Wildman–Crippen MR) is 180 cm³/mol. The first-order valence-corrected chi connectivity index (χ1v) is 16.7. The van der Waals surface area contributed by atoms with Gasteiger partial charge in [0.2, 0.25) is 0 Å². The van der Waals surface area contributed by atoms with Crippen molar-refractivity contribution in [2.24, 2.45) is 17.8 Å². The lowest BCUT2D eigenvalue weighted by molar-refractivity contribution is -0.148. The van der Waals surface area contributed by atoms with Gasteiger partial charge in [-0.05, 0) is 112 Å². The third-order valence-corrected chi connectivity index (χ3v) is 11.3. The van der Waals surface area contributed by atoms with Crippen LogP contribution in [-0.4, -0.2) is 22.1 Å². The standard InChI is InChI=1S/C38H40F2N2O2S/c1-6-20(3)8-13-26-14-15-31(45-26)33-22(5)32(29-16-21(4)17-30-28(29)18-25(39)19-41-30)27(7-2)37(35(33)40)42-36-24-11-9-23(10-12-24)34(36)38(43)44/h6-7,14-16,18-19,23-24,34,36,42H,2,4,8-13,17H2,1,3,5H3,(H,43,44)/b20-6+/t23?,24?,34-,36-/m0/s1. The highest BCUT2D eigenvalue weighted by molar-refractivity contribution is 7.15. The van der Waals surface area contributed by atoms with Crippen molar-refractivity contribution in [3.8, 4) is 10.4 Å². The first kappa shape index (κ1) is 31.2. The van der Waals surface area contributed by atoms with Crippen molar-refractivity contribution >= 4 is 34.6 Å². The fraction of sp³-hybridized carbons (Fsp3) is 0.368. The number of pyridine rings is 1. The number of hydrogen-bond acceptors (Lipinski definition) is 4. The topological polar surface area (TPSA) is 62.2 Å². The molecule has 0 amide bonds. The van der Waals surface area contributed by atoms with Crippen molar-refractivity contribution in [1.29, 1.82) is 0 Å². The molecule has 3 aromatic rings. The number of carbonyl (C=O) groups is 1. The van der Waals surface area contributed by atoms with Gasteiger partial charge in [0.1, 0.15) is 5.82 Å². The lowest BCUT2D eigenvalue weighted by Crippen LogP contribution is -2.51. The molecule has 7 rings (SSSR count). The van der Waals surface area contributed by atoms with Crippen LogP contribution in [0.15, 0.2) is 60.9 Å². The molecule has 0 saturated heterocycles. The number of rotatable bonds is 9. The van der Waals surface area contributed by atoms with E-state index in [2.05, 4.69) is 42.5 Å². The predicted octanol–water partition coefficient (Wildman–Crippen LogP) is 9.78. The van der Waals surface area contributed by atoms with Crippen LogP contribution in [0.2, 0.25) is 0 Å². The first-order chi connectivity index (χ1) is 21.6. The van der Waals surface area contributed by atoms with Crippen LogP contribution < -0.4 is 5.32 Å². The Labute approximate surface area is 268 Å². The Morgan fingerprint density at radius 3 is 2.60 bits per heavy atom. The van der Waals surface area contributed by atoms with Crippen molar-refractivity contribution in [3.05, 3.63) is 105 Å². The highest BCUT2D eigenvalue weighted by Gasteiger charge is 2.48. The molecule has 0 spiro atoms. The van der Waals surface area contributed by atoms with Crippen LogP contribution in [0.4, 0.5) is 14.5 Å². The number of nitrogens with zero attached hydrogens (tertiary/aromatic N) is 1. The van der Waals surface area contributed by atoms with Crippen LogP contribution in [-0.2, 0) is 17.6 Å². The van der Waals surface area contributed by atoms with Gasteiger partial charge in [0.15, 0.2) is 5.82 Å². The number of carboxylic acid groups (broad SMARTS) is 1. The van der Waals surface area contributed by atoms with Gasteiger partial charge in [-0.25, -0.2) is 8.78 Å². The zero-order valence-corrected chi connectivity index (χ0v) is 27.0. The summed E-state index contributed by atoms with van der Waals surface area (Å²) in [6, 6.07) is 5.11. The second kappa shape index (κ2) is 12.5. The molecule has 4 aliphatic carbocycles. The molecule has 2 aromatic heterocycles. The summed E-state index contributed by atoms with van der Waals surface area (Å²) in [6.07, 6.45) is 12.8. The summed E-state index contributed by atoms with van der Waals surface area (Å²) in [7, 11) is 0. The number of aliphatic carboxylic acids is 1. The number of aromatic nitrogens is 1. The molecule has 0 unspecified atom stereocenters. The largest absolute Gasteiger partial charge is 0.481 e. The van der Waals surface area contributed by atoms with Crippen LogP contribution in [0.1, 0.15) is 78.8 Å². The average molecular weight is 627 g/mol. The summed E-state index contributed by atoms with van der Waals surface area (Å²) in [4.78, 5) is 18.9. The summed E-state index contributed by atoms with van der Waals surface area (Å²) in [5.41, 5.74) is 6.89. The number of nitrogens with one attached hydrogen (secondary N) is 1. The van der Waals surface area contributed by atoms with E-state index < -0.39 is 29.6 Å². The Kier molecular flexibility index (Phi) is 8.66. The van der Waals surface area contributed by atoms with Crippen LogP contribution >= 0.6 is 11.3 Å². The van der Waals surface area contributed by atoms with Crippen molar-refractivity contribution in [1.82, 2.24) is 4.98 Å². The fourth-order valence-electron chi connectivity index (χ4n) is 7.73. The van der Waals surface area contributed by atoms with Crippen LogP contribution in [0.5, 0.6) is 0 Å². The van der Waals surface area contributed by atoms with Gasteiger partial charge in [0, 0.05) is 38.9 Å². The minimum atomic E-state index is -0.837. The number of hydrogen-bond donors (Lipinski definition) is 2. The van der Waals surface area contributed by atoms with Gasteiger partial charge < -0.3 is 10.4 Å². The first-order valence-electron chi connectivity index (χ1n) is 15.8. The van der Waals surface area contributed by atoms with Gasteiger partial charge in [-0.15, -0.1) is 11.3 Å². The Hall–Kier alpha value is -3.84.